The third-order valence-corrected chi connectivity index (χ3v) is 5.75. The van der Waals surface area contributed by atoms with Crippen LogP contribution in [-0.2, 0) is 19.5 Å². The van der Waals surface area contributed by atoms with Gasteiger partial charge in [-0.05, 0) is 61.1 Å². The van der Waals surface area contributed by atoms with Gasteiger partial charge in [-0.25, -0.2) is 9.97 Å². The molecule has 1 N–H and O–H groups in total. The smallest absolute Gasteiger partial charge is 0.233 e. The first kappa shape index (κ1) is 20.8. The van der Waals surface area contributed by atoms with E-state index >= 15 is 0 Å². The second kappa shape index (κ2) is 10.0. The minimum absolute atomic E-state index is 0.513. The summed E-state index contributed by atoms with van der Waals surface area (Å²) < 4.78 is 2.06. The fraction of sp³-hybridized carbons (Fsp3) is 0.440. The number of aromatic nitrogens is 3. The molecule has 158 valence electrons. The summed E-state index contributed by atoms with van der Waals surface area (Å²) in [5.41, 5.74) is 4.05. The summed E-state index contributed by atoms with van der Waals surface area (Å²) in [7, 11) is 0. The summed E-state index contributed by atoms with van der Waals surface area (Å²) in [5.74, 6) is 1.44. The second-order valence-corrected chi connectivity index (χ2v) is 8.79. The first-order chi connectivity index (χ1) is 14.7. The van der Waals surface area contributed by atoms with Crippen LogP contribution < -0.4 is 5.32 Å². The standard InChI is InChI=1S/C25H33N5/c1-20(2)16-21-8-10-22(11-9-21)18-29-14-3-6-23(19-29)28-17-24-7-4-15-30(24)25-26-12-5-13-27-25/h4-5,7-13,15,20,23,28H,3,6,14,16-19H2,1-2H3. The molecule has 4 rings (SSSR count). The van der Waals surface area contributed by atoms with Crippen LogP contribution in [0.2, 0.25) is 0 Å². The Balaban J connectivity index is 1.30. The summed E-state index contributed by atoms with van der Waals surface area (Å²) >= 11 is 0. The van der Waals surface area contributed by atoms with Gasteiger partial charge in [-0.2, -0.15) is 0 Å². The van der Waals surface area contributed by atoms with Crippen molar-refractivity contribution in [2.24, 2.45) is 5.92 Å². The molecular weight excluding hydrogens is 370 g/mol. The second-order valence-electron chi connectivity index (χ2n) is 8.79. The van der Waals surface area contributed by atoms with Gasteiger partial charge in [0.25, 0.3) is 0 Å². The van der Waals surface area contributed by atoms with Crippen LogP contribution in [0.4, 0.5) is 0 Å². The molecule has 0 spiro atoms. The molecule has 5 heteroatoms. The van der Waals surface area contributed by atoms with Crippen LogP contribution in [0, 0.1) is 5.92 Å². The van der Waals surface area contributed by atoms with Crippen LogP contribution in [0.5, 0.6) is 0 Å². The van der Waals surface area contributed by atoms with Gasteiger partial charge in [0.2, 0.25) is 5.95 Å². The molecule has 0 bridgehead atoms. The lowest BCUT2D eigenvalue weighted by Gasteiger charge is -2.33. The molecule has 30 heavy (non-hydrogen) atoms. The lowest BCUT2D eigenvalue weighted by Crippen LogP contribution is -2.45. The highest BCUT2D eigenvalue weighted by Gasteiger charge is 2.20. The van der Waals surface area contributed by atoms with E-state index in [0.29, 0.717) is 12.0 Å². The maximum atomic E-state index is 4.37. The van der Waals surface area contributed by atoms with Gasteiger partial charge in [0.15, 0.2) is 0 Å². The molecule has 0 saturated carbocycles. The van der Waals surface area contributed by atoms with Gasteiger partial charge in [0.05, 0.1) is 0 Å². The minimum Gasteiger partial charge on any atom is -0.307 e. The topological polar surface area (TPSA) is 46.0 Å². The summed E-state index contributed by atoms with van der Waals surface area (Å²) in [6.07, 6.45) is 9.23. The van der Waals surface area contributed by atoms with Gasteiger partial charge < -0.3 is 5.32 Å². The highest BCUT2D eigenvalue weighted by atomic mass is 15.2. The predicted molar refractivity (Wildman–Crippen MR) is 121 cm³/mol. The van der Waals surface area contributed by atoms with E-state index in [9.17, 15) is 0 Å². The molecule has 3 heterocycles. The van der Waals surface area contributed by atoms with Gasteiger partial charge >= 0.3 is 0 Å². The number of piperidine rings is 1. The van der Waals surface area contributed by atoms with Crippen LogP contribution in [-0.4, -0.2) is 38.6 Å². The van der Waals surface area contributed by atoms with Crippen molar-refractivity contribution in [2.75, 3.05) is 13.1 Å². The molecule has 0 radical (unpaired) electrons. The Kier molecular flexibility index (Phi) is 6.92. The van der Waals surface area contributed by atoms with Gasteiger partial charge in [-0.3, -0.25) is 9.47 Å². The number of nitrogens with one attached hydrogen (secondary N) is 1. The summed E-state index contributed by atoms with van der Waals surface area (Å²) in [4.78, 5) is 11.3. The summed E-state index contributed by atoms with van der Waals surface area (Å²) in [6.45, 7) is 8.69. The van der Waals surface area contributed by atoms with E-state index in [-0.39, 0.29) is 0 Å². The van der Waals surface area contributed by atoms with Crippen LogP contribution in [0.3, 0.4) is 0 Å². The van der Waals surface area contributed by atoms with Gasteiger partial charge in [0.1, 0.15) is 0 Å². The van der Waals surface area contributed by atoms with Crippen molar-refractivity contribution in [2.45, 2.75) is 52.2 Å². The predicted octanol–water partition coefficient (Wildman–Crippen LogP) is 4.22. The van der Waals surface area contributed by atoms with Crippen LogP contribution in [0.15, 0.2) is 61.1 Å². The van der Waals surface area contributed by atoms with Crippen molar-refractivity contribution in [3.8, 4) is 5.95 Å². The van der Waals surface area contributed by atoms with Crippen LogP contribution >= 0.6 is 0 Å². The molecule has 1 aromatic carbocycles. The zero-order chi connectivity index (χ0) is 20.8. The fourth-order valence-electron chi connectivity index (χ4n) is 4.30. The van der Waals surface area contributed by atoms with E-state index in [1.54, 1.807) is 12.4 Å². The lowest BCUT2D eigenvalue weighted by atomic mass is 10.0. The first-order valence-corrected chi connectivity index (χ1v) is 11.1. The van der Waals surface area contributed by atoms with E-state index in [4.69, 9.17) is 0 Å². The van der Waals surface area contributed by atoms with Crippen molar-refractivity contribution in [3.05, 3.63) is 77.9 Å². The lowest BCUT2D eigenvalue weighted by molar-refractivity contribution is 0.182. The van der Waals surface area contributed by atoms with Crippen molar-refractivity contribution in [1.82, 2.24) is 24.8 Å². The molecule has 1 atom stereocenters. The number of hydrogen-bond acceptors (Lipinski definition) is 4. The summed E-state index contributed by atoms with van der Waals surface area (Å²) in [5, 5.41) is 3.76. The Morgan fingerprint density at radius 3 is 2.57 bits per heavy atom. The van der Waals surface area contributed by atoms with Crippen molar-refractivity contribution in [1.29, 1.82) is 0 Å². The molecule has 1 aliphatic heterocycles. The monoisotopic (exact) mass is 403 g/mol. The Morgan fingerprint density at radius 2 is 1.80 bits per heavy atom. The number of benzene rings is 1. The molecule has 3 aromatic rings. The fourth-order valence-corrected chi connectivity index (χ4v) is 4.30. The van der Waals surface area contributed by atoms with Gasteiger partial charge in [-0.1, -0.05) is 38.1 Å². The number of hydrogen-bond donors (Lipinski definition) is 1. The van der Waals surface area contributed by atoms with Crippen molar-refractivity contribution < 1.29 is 0 Å². The molecule has 2 aromatic heterocycles. The molecule has 1 saturated heterocycles. The Labute approximate surface area is 180 Å². The number of likely N-dealkylation sites (tertiary alicyclic amines) is 1. The number of nitrogens with zero attached hydrogens (tertiary/aromatic N) is 4. The average Bonchev–Trinajstić information content (AvgIpc) is 3.23. The highest BCUT2D eigenvalue weighted by molar-refractivity contribution is 5.23. The Morgan fingerprint density at radius 1 is 1.03 bits per heavy atom. The van der Waals surface area contributed by atoms with Crippen LogP contribution in [0.25, 0.3) is 5.95 Å². The van der Waals surface area contributed by atoms with E-state index in [1.807, 2.05) is 12.3 Å². The van der Waals surface area contributed by atoms with Crippen LogP contribution in [0.1, 0.15) is 43.5 Å². The Hall–Kier alpha value is -2.50. The molecule has 1 unspecified atom stereocenters. The third kappa shape index (κ3) is 5.55. The molecule has 1 aliphatic rings. The van der Waals surface area contributed by atoms with Crippen molar-refractivity contribution >= 4 is 0 Å². The maximum absolute atomic E-state index is 4.37. The average molecular weight is 404 g/mol. The number of rotatable bonds is 8. The zero-order valence-corrected chi connectivity index (χ0v) is 18.2. The van der Waals surface area contributed by atoms with E-state index in [2.05, 4.69) is 75.0 Å². The molecule has 1 fully saturated rings. The Bertz CT molecular complexity index is 901. The van der Waals surface area contributed by atoms with Gasteiger partial charge in [-0.15, -0.1) is 0 Å². The molecule has 0 aliphatic carbocycles. The third-order valence-electron chi connectivity index (χ3n) is 5.75. The maximum Gasteiger partial charge on any atom is 0.233 e. The minimum atomic E-state index is 0.513. The first-order valence-electron chi connectivity index (χ1n) is 11.1. The summed E-state index contributed by atoms with van der Waals surface area (Å²) in [6, 6.07) is 15.8. The zero-order valence-electron chi connectivity index (χ0n) is 18.2. The van der Waals surface area contributed by atoms with E-state index in [0.717, 1.165) is 32.0 Å². The molecular formula is C25H33N5. The largest absolute Gasteiger partial charge is 0.307 e. The molecule has 5 nitrogen and oxygen atoms in total. The van der Waals surface area contributed by atoms with E-state index in [1.165, 1.54) is 36.2 Å². The SMILES string of the molecule is CC(C)Cc1ccc(CN2CCCC(NCc3cccn3-c3ncccn3)C2)cc1. The highest BCUT2D eigenvalue weighted by Crippen LogP contribution is 2.16. The van der Waals surface area contributed by atoms with Crippen molar-refractivity contribution in [3.63, 3.8) is 0 Å². The quantitative estimate of drug-likeness (QED) is 0.612. The van der Waals surface area contributed by atoms with Gasteiger partial charge in [0, 0.05) is 50.0 Å². The van der Waals surface area contributed by atoms with E-state index < -0.39 is 0 Å². The normalized spacial score (nSPS) is 17.5. The molecule has 0 amide bonds.